The van der Waals surface area contributed by atoms with Crippen LogP contribution in [0.3, 0.4) is 0 Å². The predicted molar refractivity (Wildman–Crippen MR) is 42.7 cm³/mol. The summed E-state index contributed by atoms with van der Waals surface area (Å²) in [5, 5.41) is 0. The van der Waals surface area contributed by atoms with E-state index >= 15 is 0 Å². The van der Waals surface area contributed by atoms with Crippen LogP contribution in [0.15, 0.2) is 0 Å². The summed E-state index contributed by atoms with van der Waals surface area (Å²) in [6, 6.07) is 0. The molecule has 9 heavy (non-hydrogen) atoms. The van der Waals surface area contributed by atoms with Gasteiger partial charge < -0.3 is 7.65 Å². The second kappa shape index (κ2) is 5.24. The molecule has 0 saturated heterocycles. The monoisotopic (exact) mass is 140 g/mol. The van der Waals surface area contributed by atoms with Crippen molar-refractivity contribution in [3.63, 3.8) is 0 Å². The van der Waals surface area contributed by atoms with Gasteiger partial charge in [-0.1, -0.05) is 20.8 Å². The molecule has 0 aliphatic rings. The second-order valence-corrected chi connectivity index (χ2v) is 3.27. The van der Waals surface area contributed by atoms with E-state index in [1.54, 1.807) is 0 Å². The Bertz CT molecular complexity index is 81.0. The van der Waals surface area contributed by atoms with Gasteiger partial charge in [-0.05, 0) is 11.8 Å². The van der Waals surface area contributed by atoms with Crippen molar-refractivity contribution in [2.45, 2.75) is 33.6 Å². The zero-order valence-electron chi connectivity index (χ0n) is 8.61. The van der Waals surface area contributed by atoms with Gasteiger partial charge in [-0.3, -0.25) is 0 Å². The standard InChI is InChI=1S/C7H14O.Mg.2H/c1-7(2,3)5-4-6-8;;;/h6H,4-5H2,1-3H3;;;/q;+2;2*-1. The van der Waals surface area contributed by atoms with Crippen LogP contribution < -0.4 is 0 Å². The van der Waals surface area contributed by atoms with Crippen LogP contribution in [0.4, 0.5) is 0 Å². The summed E-state index contributed by atoms with van der Waals surface area (Å²) in [6.07, 6.45) is 2.67. The van der Waals surface area contributed by atoms with E-state index in [1.165, 1.54) is 0 Å². The van der Waals surface area contributed by atoms with Crippen LogP contribution in [0.1, 0.15) is 36.5 Å². The molecule has 0 bridgehead atoms. The zero-order valence-corrected chi connectivity index (χ0v) is 8.02. The summed E-state index contributed by atoms with van der Waals surface area (Å²) in [7, 11) is 0. The molecule has 1 nitrogen and oxygen atoms in total. The van der Waals surface area contributed by atoms with E-state index in [0.29, 0.717) is 11.8 Å². The third-order valence-electron chi connectivity index (χ3n) is 1.01. The summed E-state index contributed by atoms with van der Waals surface area (Å²) in [6.45, 7) is 6.41. The first-order valence-corrected chi connectivity index (χ1v) is 3.00. The van der Waals surface area contributed by atoms with Gasteiger partial charge >= 0.3 is 23.1 Å². The first kappa shape index (κ1) is 12.1. The normalized spacial score (nSPS) is 10.1. The molecular weight excluding hydrogens is 124 g/mol. The number of aldehydes is 1. The minimum atomic E-state index is 0. The maximum atomic E-state index is 9.85. The van der Waals surface area contributed by atoms with Crippen molar-refractivity contribution in [1.82, 2.24) is 0 Å². The fourth-order valence-electron chi connectivity index (χ4n) is 0.492. The van der Waals surface area contributed by atoms with Crippen molar-refractivity contribution in [1.29, 1.82) is 0 Å². The van der Waals surface area contributed by atoms with Gasteiger partial charge in [-0.25, -0.2) is 0 Å². The van der Waals surface area contributed by atoms with Gasteiger partial charge in [-0.15, -0.1) is 0 Å². The molecule has 0 aliphatic carbocycles. The zero-order chi connectivity index (χ0) is 6.62. The molecule has 0 aromatic heterocycles. The minimum Gasteiger partial charge on any atom is -1.00 e. The van der Waals surface area contributed by atoms with Crippen molar-refractivity contribution in [3.05, 3.63) is 0 Å². The number of carbonyl (C=O) groups is 1. The predicted octanol–water partition coefficient (Wildman–Crippen LogP) is 1.86. The van der Waals surface area contributed by atoms with Gasteiger partial charge in [0.1, 0.15) is 6.29 Å². The van der Waals surface area contributed by atoms with Crippen molar-refractivity contribution >= 4 is 29.3 Å². The van der Waals surface area contributed by atoms with Crippen molar-refractivity contribution in [3.8, 4) is 0 Å². The van der Waals surface area contributed by atoms with Gasteiger partial charge in [0.15, 0.2) is 0 Å². The van der Waals surface area contributed by atoms with E-state index in [2.05, 4.69) is 20.8 Å². The van der Waals surface area contributed by atoms with Gasteiger partial charge in [-0.2, -0.15) is 0 Å². The average molecular weight is 141 g/mol. The average Bonchev–Trinajstić information content (AvgIpc) is 1.59. The van der Waals surface area contributed by atoms with E-state index < -0.39 is 0 Å². The summed E-state index contributed by atoms with van der Waals surface area (Å²) < 4.78 is 0. The molecule has 0 spiro atoms. The largest absolute Gasteiger partial charge is 2.00 e. The Morgan fingerprint density at radius 3 is 2.00 bits per heavy atom. The second-order valence-electron chi connectivity index (χ2n) is 3.27. The van der Waals surface area contributed by atoms with Crippen molar-refractivity contribution in [2.24, 2.45) is 5.41 Å². The number of carbonyl (C=O) groups excluding carboxylic acids is 1. The van der Waals surface area contributed by atoms with Crippen LogP contribution in [0.5, 0.6) is 0 Å². The quantitative estimate of drug-likeness (QED) is 0.423. The molecule has 0 aromatic carbocycles. The SMILES string of the molecule is CC(C)(C)CCC=O.[H-].[H-].[Mg+2]. The molecule has 0 fully saturated rings. The molecule has 0 aliphatic heterocycles. The molecule has 0 saturated carbocycles. The molecule has 0 N–H and O–H groups in total. The van der Waals surface area contributed by atoms with E-state index in [4.69, 9.17) is 0 Å². The van der Waals surface area contributed by atoms with Crippen LogP contribution in [0.2, 0.25) is 0 Å². The third kappa shape index (κ3) is 11.8. The van der Waals surface area contributed by atoms with Crippen LogP contribution in [0, 0.1) is 5.41 Å². The molecule has 0 amide bonds. The Morgan fingerprint density at radius 2 is 1.89 bits per heavy atom. The van der Waals surface area contributed by atoms with Crippen molar-refractivity contribution < 1.29 is 7.65 Å². The van der Waals surface area contributed by atoms with Crippen LogP contribution in [-0.2, 0) is 4.79 Å². The Balaban J connectivity index is -0.0000000817. The molecule has 2 heteroatoms. The van der Waals surface area contributed by atoms with Crippen molar-refractivity contribution in [2.75, 3.05) is 0 Å². The number of hydrogen-bond acceptors (Lipinski definition) is 1. The van der Waals surface area contributed by atoms with Gasteiger partial charge in [0, 0.05) is 6.42 Å². The Labute approximate surface area is 76.3 Å². The van der Waals surface area contributed by atoms with Gasteiger partial charge in [0.2, 0.25) is 0 Å². The maximum Gasteiger partial charge on any atom is 2.00 e. The molecule has 52 valence electrons. The molecule has 0 heterocycles. The first-order chi connectivity index (χ1) is 3.56. The molecule has 0 radical (unpaired) electrons. The summed E-state index contributed by atoms with van der Waals surface area (Å²) >= 11 is 0. The van der Waals surface area contributed by atoms with E-state index in [1.807, 2.05) is 0 Å². The maximum absolute atomic E-state index is 9.85. The summed E-state index contributed by atoms with van der Waals surface area (Å²) in [5.41, 5.74) is 0.320. The fraction of sp³-hybridized carbons (Fsp3) is 0.857. The van der Waals surface area contributed by atoms with E-state index in [0.717, 1.165) is 12.7 Å². The summed E-state index contributed by atoms with van der Waals surface area (Å²) in [5.74, 6) is 0. The third-order valence-corrected chi connectivity index (χ3v) is 1.01. The van der Waals surface area contributed by atoms with Gasteiger partial charge in [0.05, 0.1) is 0 Å². The van der Waals surface area contributed by atoms with E-state index in [-0.39, 0.29) is 25.9 Å². The number of hydrogen-bond donors (Lipinski definition) is 0. The minimum absolute atomic E-state index is 0. The molecule has 0 unspecified atom stereocenters. The molecular formula is C7H16MgO. The molecule has 0 aromatic rings. The van der Waals surface area contributed by atoms with Crippen LogP contribution >= 0.6 is 0 Å². The van der Waals surface area contributed by atoms with E-state index in [9.17, 15) is 4.79 Å². The van der Waals surface area contributed by atoms with Crippen LogP contribution in [0.25, 0.3) is 0 Å². The summed E-state index contributed by atoms with van der Waals surface area (Å²) in [4.78, 5) is 9.85. The van der Waals surface area contributed by atoms with Crippen LogP contribution in [-0.4, -0.2) is 29.3 Å². The fourth-order valence-corrected chi connectivity index (χ4v) is 0.492. The Hall–Kier alpha value is 0.436. The first-order valence-electron chi connectivity index (χ1n) is 3.00. The molecule has 0 rings (SSSR count). The van der Waals surface area contributed by atoms with Gasteiger partial charge in [0.25, 0.3) is 0 Å². The smallest absolute Gasteiger partial charge is 1.00 e. The Kier molecular flexibility index (Phi) is 7.07. The molecule has 0 atom stereocenters. The topological polar surface area (TPSA) is 17.1 Å². The Morgan fingerprint density at radius 1 is 1.44 bits per heavy atom. The number of rotatable bonds is 2.